The zero-order chi connectivity index (χ0) is 19.7. The first kappa shape index (κ1) is 19.7. The van der Waals surface area contributed by atoms with E-state index in [4.69, 9.17) is 4.74 Å². The number of nitrogens with zero attached hydrogens (tertiary/aromatic N) is 2. The fraction of sp³-hybridized carbons (Fsp3) is 0.476. The predicted octanol–water partition coefficient (Wildman–Crippen LogP) is 4.03. The summed E-state index contributed by atoms with van der Waals surface area (Å²) < 4.78 is 6.15. The second-order valence-electron chi connectivity index (χ2n) is 7.39. The molecule has 0 aromatic carbocycles. The smallest absolute Gasteiger partial charge is 0.265 e. The molecule has 2 aromatic rings. The van der Waals surface area contributed by atoms with E-state index in [9.17, 15) is 4.79 Å². The Hall–Kier alpha value is -2.08. The molecule has 0 bridgehead atoms. The average Bonchev–Trinajstić information content (AvgIpc) is 3.04. The van der Waals surface area contributed by atoms with Crippen molar-refractivity contribution in [2.75, 3.05) is 5.75 Å². The molecule has 0 spiro atoms. The van der Waals surface area contributed by atoms with E-state index in [0.29, 0.717) is 12.8 Å². The summed E-state index contributed by atoms with van der Waals surface area (Å²) in [5.74, 6) is 1.65. The van der Waals surface area contributed by atoms with Crippen molar-refractivity contribution < 1.29 is 9.53 Å². The Bertz CT molecular complexity index is 853. The van der Waals surface area contributed by atoms with Crippen LogP contribution >= 0.6 is 11.8 Å². The number of carbonyl (C=O) groups is 1. The van der Waals surface area contributed by atoms with E-state index in [-0.39, 0.29) is 5.91 Å². The quantitative estimate of drug-likeness (QED) is 0.761. The van der Waals surface area contributed by atoms with Crippen LogP contribution in [-0.4, -0.2) is 27.2 Å². The zero-order valence-electron chi connectivity index (χ0n) is 16.6. The van der Waals surface area contributed by atoms with Crippen LogP contribution in [0.2, 0.25) is 0 Å². The zero-order valence-corrected chi connectivity index (χ0v) is 17.4. The molecule has 0 radical (unpaired) electrons. The SMILES string of the molecule is CCSc1ccnc(C(C)(C)NC(=O)C2(CC)Cc3c(ccnc3C)O2)c1. The number of aromatic nitrogens is 2. The number of aryl methyl sites for hydroxylation is 1. The van der Waals surface area contributed by atoms with Gasteiger partial charge in [-0.15, -0.1) is 11.8 Å². The second kappa shape index (κ2) is 7.50. The van der Waals surface area contributed by atoms with Crippen LogP contribution in [0.1, 0.15) is 51.1 Å². The number of rotatable bonds is 6. The van der Waals surface area contributed by atoms with E-state index < -0.39 is 11.1 Å². The Balaban J connectivity index is 1.83. The molecule has 0 aliphatic carbocycles. The summed E-state index contributed by atoms with van der Waals surface area (Å²) in [6.45, 7) is 10.0. The highest BCUT2D eigenvalue weighted by molar-refractivity contribution is 7.99. The van der Waals surface area contributed by atoms with Gasteiger partial charge >= 0.3 is 0 Å². The van der Waals surface area contributed by atoms with Gasteiger partial charge in [0.05, 0.1) is 11.2 Å². The number of nitrogens with one attached hydrogen (secondary N) is 1. The number of thioether (sulfide) groups is 1. The largest absolute Gasteiger partial charge is 0.477 e. The molecule has 3 heterocycles. The van der Waals surface area contributed by atoms with Gasteiger partial charge in [-0.05, 0) is 51.1 Å². The molecule has 0 saturated carbocycles. The van der Waals surface area contributed by atoms with Crippen molar-refractivity contribution in [2.24, 2.45) is 0 Å². The first-order valence-corrected chi connectivity index (χ1v) is 10.4. The van der Waals surface area contributed by atoms with Crippen molar-refractivity contribution >= 4 is 17.7 Å². The minimum Gasteiger partial charge on any atom is -0.477 e. The summed E-state index contributed by atoms with van der Waals surface area (Å²) in [7, 11) is 0. The average molecular weight is 386 g/mol. The van der Waals surface area contributed by atoms with Crippen molar-refractivity contribution in [3.8, 4) is 5.75 Å². The van der Waals surface area contributed by atoms with Gasteiger partial charge in [0.2, 0.25) is 0 Å². The summed E-state index contributed by atoms with van der Waals surface area (Å²) in [4.78, 5) is 23.3. The van der Waals surface area contributed by atoms with E-state index in [1.807, 2.05) is 45.9 Å². The third-order valence-electron chi connectivity index (χ3n) is 5.09. The lowest BCUT2D eigenvalue weighted by molar-refractivity contribution is -0.137. The van der Waals surface area contributed by atoms with Crippen molar-refractivity contribution in [3.05, 3.63) is 47.5 Å². The fourth-order valence-corrected chi connectivity index (χ4v) is 4.06. The molecule has 144 valence electrons. The molecule has 3 rings (SSSR count). The first-order valence-electron chi connectivity index (χ1n) is 9.37. The molecule has 1 N–H and O–H groups in total. The Labute approximate surface area is 165 Å². The van der Waals surface area contributed by atoms with Gasteiger partial charge in [-0.25, -0.2) is 0 Å². The second-order valence-corrected chi connectivity index (χ2v) is 8.73. The monoisotopic (exact) mass is 385 g/mol. The van der Waals surface area contributed by atoms with Gasteiger partial charge in [-0.3, -0.25) is 14.8 Å². The summed E-state index contributed by atoms with van der Waals surface area (Å²) in [6.07, 6.45) is 4.65. The lowest BCUT2D eigenvalue weighted by atomic mass is 9.90. The number of fused-ring (bicyclic) bond motifs is 1. The number of hydrogen-bond donors (Lipinski definition) is 1. The summed E-state index contributed by atoms with van der Waals surface area (Å²) in [5.41, 5.74) is 1.28. The lowest BCUT2D eigenvalue weighted by Crippen LogP contribution is -2.55. The molecule has 1 aliphatic heterocycles. The third kappa shape index (κ3) is 3.81. The Morgan fingerprint density at radius 1 is 1.30 bits per heavy atom. The maximum atomic E-state index is 13.3. The van der Waals surface area contributed by atoms with Crippen LogP contribution in [0.4, 0.5) is 0 Å². The maximum absolute atomic E-state index is 13.3. The van der Waals surface area contributed by atoms with Gasteiger partial charge in [-0.1, -0.05) is 13.8 Å². The van der Waals surface area contributed by atoms with Crippen LogP contribution in [0.3, 0.4) is 0 Å². The molecule has 2 aromatic heterocycles. The highest BCUT2D eigenvalue weighted by Crippen LogP contribution is 2.39. The maximum Gasteiger partial charge on any atom is 0.265 e. The highest BCUT2D eigenvalue weighted by atomic mass is 32.2. The molecular formula is C21H27N3O2S. The van der Waals surface area contributed by atoms with Crippen molar-refractivity contribution in [3.63, 3.8) is 0 Å². The predicted molar refractivity (Wildman–Crippen MR) is 108 cm³/mol. The summed E-state index contributed by atoms with van der Waals surface area (Å²) >= 11 is 1.76. The molecule has 5 nitrogen and oxygen atoms in total. The minimum atomic E-state index is -0.900. The Kier molecular flexibility index (Phi) is 5.47. The van der Waals surface area contributed by atoms with Gasteiger partial charge < -0.3 is 10.1 Å². The van der Waals surface area contributed by atoms with E-state index in [2.05, 4.69) is 22.2 Å². The number of pyridine rings is 2. The molecule has 1 unspecified atom stereocenters. The summed E-state index contributed by atoms with van der Waals surface area (Å²) in [5, 5.41) is 3.17. The Morgan fingerprint density at radius 2 is 2.04 bits per heavy atom. The van der Waals surface area contributed by atoms with Gasteiger partial charge in [0.1, 0.15) is 5.75 Å². The standard InChI is InChI=1S/C21H27N3O2S/c1-6-21(13-16-14(3)22-11-9-17(16)26-21)19(25)24-20(4,5)18-12-15(27-7-2)8-10-23-18/h8-12H,6-7,13H2,1-5H3,(H,24,25). The molecule has 1 amide bonds. The van der Waals surface area contributed by atoms with Crippen LogP contribution < -0.4 is 10.1 Å². The van der Waals surface area contributed by atoms with E-state index in [1.54, 1.807) is 24.2 Å². The summed E-state index contributed by atoms with van der Waals surface area (Å²) in [6, 6.07) is 5.88. The van der Waals surface area contributed by atoms with Crippen LogP contribution in [0.25, 0.3) is 0 Å². The third-order valence-corrected chi connectivity index (χ3v) is 5.97. The van der Waals surface area contributed by atoms with E-state index >= 15 is 0 Å². The molecule has 27 heavy (non-hydrogen) atoms. The van der Waals surface area contributed by atoms with Gasteiger partial charge in [-0.2, -0.15) is 0 Å². The topological polar surface area (TPSA) is 64.1 Å². The van der Waals surface area contributed by atoms with Crippen LogP contribution in [0.15, 0.2) is 35.5 Å². The minimum absolute atomic E-state index is 0.110. The van der Waals surface area contributed by atoms with Gasteiger partial charge in [0.25, 0.3) is 5.91 Å². The molecule has 1 atom stereocenters. The highest BCUT2D eigenvalue weighted by Gasteiger charge is 2.47. The van der Waals surface area contributed by atoms with Crippen LogP contribution in [0.5, 0.6) is 5.75 Å². The van der Waals surface area contributed by atoms with Crippen LogP contribution in [0, 0.1) is 6.92 Å². The first-order chi connectivity index (χ1) is 12.8. The van der Waals surface area contributed by atoms with Crippen molar-refractivity contribution in [2.45, 2.75) is 63.5 Å². The van der Waals surface area contributed by atoms with E-state index in [0.717, 1.165) is 33.3 Å². The number of ether oxygens (including phenoxy) is 1. The van der Waals surface area contributed by atoms with Crippen molar-refractivity contribution in [1.82, 2.24) is 15.3 Å². The van der Waals surface area contributed by atoms with E-state index in [1.165, 1.54) is 0 Å². The molecule has 6 heteroatoms. The molecule has 1 aliphatic rings. The molecule has 0 saturated heterocycles. The van der Waals surface area contributed by atoms with Gasteiger partial charge in [0, 0.05) is 35.0 Å². The number of carbonyl (C=O) groups excluding carboxylic acids is 1. The van der Waals surface area contributed by atoms with Gasteiger partial charge in [0.15, 0.2) is 5.60 Å². The fourth-order valence-electron chi connectivity index (χ4n) is 3.37. The van der Waals surface area contributed by atoms with Crippen LogP contribution in [-0.2, 0) is 16.8 Å². The number of amides is 1. The normalized spacial score (nSPS) is 18.7. The molecule has 0 fully saturated rings. The molecular weight excluding hydrogens is 358 g/mol. The van der Waals surface area contributed by atoms with Crippen molar-refractivity contribution in [1.29, 1.82) is 0 Å². The number of hydrogen-bond acceptors (Lipinski definition) is 5. The lowest BCUT2D eigenvalue weighted by Gasteiger charge is -2.33. The Morgan fingerprint density at radius 3 is 2.70 bits per heavy atom.